The van der Waals surface area contributed by atoms with Crippen molar-refractivity contribution >= 4 is 0 Å². The molecule has 0 atom stereocenters. The third-order valence-corrected chi connectivity index (χ3v) is 2.28. The van der Waals surface area contributed by atoms with Crippen LogP contribution in [0, 0.1) is 0 Å². The van der Waals surface area contributed by atoms with Crippen molar-refractivity contribution in [3.63, 3.8) is 0 Å². The SMILES string of the molecule is CCNC1=C(C)C(C)=CCC1. The zero-order chi connectivity index (χ0) is 8.27. The minimum atomic E-state index is 1.04. The molecule has 0 aromatic carbocycles. The van der Waals surface area contributed by atoms with Gasteiger partial charge in [0.2, 0.25) is 0 Å². The molecule has 1 aliphatic carbocycles. The number of hydrogen-bond acceptors (Lipinski definition) is 1. The van der Waals surface area contributed by atoms with E-state index in [1.54, 1.807) is 0 Å². The van der Waals surface area contributed by atoms with E-state index in [0.717, 1.165) is 6.54 Å². The highest BCUT2D eigenvalue weighted by Crippen LogP contribution is 2.22. The highest BCUT2D eigenvalue weighted by atomic mass is 14.9. The summed E-state index contributed by atoms with van der Waals surface area (Å²) in [5.74, 6) is 0. The first kappa shape index (κ1) is 8.38. The molecular weight excluding hydrogens is 134 g/mol. The second-order valence-corrected chi connectivity index (χ2v) is 3.06. The summed E-state index contributed by atoms with van der Waals surface area (Å²) in [6.45, 7) is 7.57. The van der Waals surface area contributed by atoms with Crippen molar-refractivity contribution < 1.29 is 0 Å². The van der Waals surface area contributed by atoms with Crippen molar-refractivity contribution in [1.82, 2.24) is 5.32 Å². The van der Waals surface area contributed by atoms with Crippen LogP contribution in [-0.2, 0) is 0 Å². The first-order chi connectivity index (χ1) is 5.25. The zero-order valence-electron chi connectivity index (χ0n) is 7.70. The van der Waals surface area contributed by atoms with E-state index in [9.17, 15) is 0 Å². The van der Waals surface area contributed by atoms with Crippen molar-refractivity contribution in [2.45, 2.75) is 33.6 Å². The number of hydrogen-bond donors (Lipinski definition) is 1. The van der Waals surface area contributed by atoms with Gasteiger partial charge in [-0.2, -0.15) is 0 Å². The van der Waals surface area contributed by atoms with Crippen LogP contribution in [0.5, 0.6) is 0 Å². The fourth-order valence-corrected chi connectivity index (χ4v) is 1.45. The van der Waals surface area contributed by atoms with Crippen LogP contribution in [0.2, 0.25) is 0 Å². The molecule has 0 unspecified atom stereocenters. The van der Waals surface area contributed by atoms with Crippen LogP contribution in [0.25, 0.3) is 0 Å². The molecule has 0 saturated carbocycles. The van der Waals surface area contributed by atoms with E-state index in [-0.39, 0.29) is 0 Å². The molecule has 0 spiro atoms. The lowest BCUT2D eigenvalue weighted by atomic mass is 9.97. The largest absolute Gasteiger partial charge is 0.388 e. The third kappa shape index (κ3) is 1.86. The van der Waals surface area contributed by atoms with Gasteiger partial charge in [0.05, 0.1) is 0 Å². The van der Waals surface area contributed by atoms with E-state index in [1.807, 2.05) is 0 Å². The molecule has 1 aliphatic rings. The summed E-state index contributed by atoms with van der Waals surface area (Å²) >= 11 is 0. The molecule has 0 saturated heterocycles. The Morgan fingerprint density at radius 3 is 2.82 bits per heavy atom. The minimum absolute atomic E-state index is 1.04. The molecule has 1 N–H and O–H groups in total. The maximum Gasteiger partial charge on any atom is 0.0142 e. The minimum Gasteiger partial charge on any atom is -0.388 e. The van der Waals surface area contributed by atoms with Gasteiger partial charge in [-0.3, -0.25) is 0 Å². The standard InChI is InChI=1S/C10H17N/c1-4-11-10-7-5-6-8(2)9(10)3/h6,11H,4-5,7H2,1-3H3. The lowest BCUT2D eigenvalue weighted by Gasteiger charge is -2.17. The number of nitrogens with one attached hydrogen (secondary N) is 1. The molecule has 1 heteroatoms. The Balaban J connectivity index is 2.74. The Hall–Kier alpha value is -0.720. The number of allylic oxidation sites excluding steroid dienone is 4. The van der Waals surface area contributed by atoms with Crippen LogP contribution in [0.3, 0.4) is 0 Å². The predicted octanol–water partition coefficient (Wildman–Crippen LogP) is 2.61. The van der Waals surface area contributed by atoms with Gasteiger partial charge in [-0.15, -0.1) is 0 Å². The normalized spacial score (nSPS) is 18.3. The smallest absolute Gasteiger partial charge is 0.0142 e. The Morgan fingerprint density at radius 1 is 1.45 bits per heavy atom. The molecule has 1 rings (SSSR count). The van der Waals surface area contributed by atoms with E-state index >= 15 is 0 Å². The van der Waals surface area contributed by atoms with E-state index in [4.69, 9.17) is 0 Å². The van der Waals surface area contributed by atoms with Crippen LogP contribution < -0.4 is 5.32 Å². The van der Waals surface area contributed by atoms with Crippen molar-refractivity contribution in [2.24, 2.45) is 0 Å². The van der Waals surface area contributed by atoms with E-state index in [0.29, 0.717) is 0 Å². The first-order valence-electron chi connectivity index (χ1n) is 4.36. The summed E-state index contributed by atoms with van der Waals surface area (Å²) in [6, 6.07) is 0. The predicted molar refractivity (Wildman–Crippen MR) is 49.4 cm³/mol. The van der Waals surface area contributed by atoms with Crippen LogP contribution in [0.4, 0.5) is 0 Å². The summed E-state index contributed by atoms with van der Waals surface area (Å²) in [7, 11) is 0. The van der Waals surface area contributed by atoms with Gasteiger partial charge in [0.25, 0.3) is 0 Å². The summed E-state index contributed by atoms with van der Waals surface area (Å²) in [4.78, 5) is 0. The maximum absolute atomic E-state index is 3.40. The molecule has 0 bridgehead atoms. The molecule has 0 heterocycles. The van der Waals surface area contributed by atoms with Crippen LogP contribution >= 0.6 is 0 Å². The molecule has 0 fully saturated rings. The Kier molecular flexibility index (Phi) is 2.75. The van der Waals surface area contributed by atoms with Crippen molar-refractivity contribution in [1.29, 1.82) is 0 Å². The van der Waals surface area contributed by atoms with Crippen LogP contribution in [-0.4, -0.2) is 6.54 Å². The highest BCUT2D eigenvalue weighted by Gasteiger charge is 2.06. The summed E-state index contributed by atoms with van der Waals surface area (Å²) in [5, 5.41) is 3.40. The van der Waals surface area contributed by atoms with Gasteiger partial charge in [-0.05, 0) is 39.2 Å². The number of rotatable bonds is 2. The van der Waals surface area contributed by atoms with Crippen molar-refractivity contribution in [3.8, 4) is 0 Å². The Morgan fingerprint density at radius 2 is 2.18 bits per heavy atom. The van der Waals surface area contributed by atoms with Crippen LogP contribution in [0.15, 0.2) is 22.9 Å². The molecule has 0 aliphatic heterocycles. The second-order valence-electron chi connectivity index (χ2n) is 3.06. The maximum atomic E-state index is 3.40. The topological polar surface area (TPSA) is 12.0 Å². The molecule has 0 aromatic heterocycles. The van der Waals surface area contributed by atoms with Crippen molar-refractivity contribution in [3.05, 3.63) is 22.9 Å². The van der Waals surface area contributed by atoms with Gasteiger partial charge in [0.15, 0.2) is 0 Å². The van der Waals surface area contributed by atoms with Gasteiger partial charge in [0, 0.05) is 12.2 Å². The lowest BCUT2D eigenvalue weighted by molar-refractivity contribution is 0.754. The van der Waals surface area contributed by atoms with E-state index in [1.165, 1.54) is 29.7 Å². The van der Waals surface area contributed by atoms with Gasteiger partial charge in [0.1, 0.15) is 0 Å². The molecule has 0 aromatic rings. The lowest BCUT2D eigenvalue weighted by Crippen LogP contribution is -2.15. The molecule has 0 radical (unpaired) electrons. The van der Waals surface area contributed by atoms with Crippen molar-refractivity contribution in [2.75, 3.05) is 6.54 Å². The van der Waals surface area contributed by atoms with E-state index < -0.39 is 0 Å². The molecular formula is C10H17N. The Labute approximate surface area is 69.2 Å². The van der Waals surface area contributed by atoms with Gasteiger partial charge in [-0.1, -0.05) is 11.6 Å². The monoisotopic (exact) mass is 151 g/mol. The van der Waals surface area contributed by atoms with Gasteiger partial charge >= 0.3 is 0 Å². The molecule has 0 amide bonds. The summed E-state index contributed by atoms with van der Waals surface area (Å²) < 4.78 is 0. The van der Waals surface area contributed by atoms with Gasteiger partial charge in [-0.25, -0.2) is 0 Å². The average Bonchev–Trinajstić information content (AvgIpc) is 1.99. The third-order valence-electron chi connectivity index (χ3n) is 2.28. The zero-order valence-corrected chi connectivity index (χ0v) is 7.70. The molecule has 11 heavy (non-hydrogen) atoms. The Bertz CT molecular complexity index is 199. The van der Waals surface area contributed by atoms with Crippen LogP contribution in [0.1, 0.15) is 33.6 Å². The first-order valence-corrected chi connectivity index (χ1v) is 4.36. The molecule has 62 valence electrons. The van der Waals surface area contributed by atoms with E-state index in [2.05, 4.69) is 32.2 Å². The average molecular weight is 151 g/mol. The quantitative estimate of drug-likeness (QED) is 0.639. The fraction of sp³-hybridized carbons (Fsp3) is 0.600. The fourth-order valence-electron chi connectivity index (χ4n) is 1.45. The summed E-state index contributed by atoms with van der Waals surface area (Å²) in [6.07, 6.45) is 4.71. The summed E-state index contributed by atoms with van der Waals surface area (Å²) in [5.41, 5.74) is 4.32. The highest BCUT2D eigenvalue weighted by molar-refractivity contribution is 5.34. The molecule has 1 nitrogen and oxygen atoms in total. The van der Waals surface area contributed by atoms with Gasteiger partial charge < -0.3 is 5.32 Å². The second kappa shape index (κ2) is 3.61.